The molecule has 0 atom stereocenters. The van der Waals surface area contributed by atoms with Crippen LogP contribution in [-0.2, 0) is 45.0 Å². The molecule has 0 saturated carbocycles. The number of imidazole rings is 2. The van der Waals surface area contributed by atoms with Crippen LogP contribution in [-0.4, -0.2) is 78.1 Å². The summed E-state index contributed by atoms with van der Waals surface area (Å²) in [5, 5.41) is 13.0. The molecule has 0 aliphatic heterocycles. The lowest BCUT2D eigenvalue weighted by Gasteiger charge is -2.19. The standard InChI is InChI=1S/C29H40N10O8/c1-8-46-27(44)25-35-19(16-39(25)7)32-21(40)9-10-22(41)36-20-13-17(14-37(20)5)31-26(43)24-34-18(15-38(24)6)33-23(42)11-12-30-28(45)47-29(2,3)4/h13-16H,8-12H2,1-7H3,(H,30,45)(H,31,43)(H,32,40)(H,33,42)(H,36,41). The minimum Gasteiger partial charge on any atom is -0.460 e. The van der Waals surface area contributed by atoms with Crippen LogP contribution in [0.15, 0.2) is 24.7 Å². The second-order valence-electron chi connectivity index (χ2n) is 11.3. The Morgan fingerprint density at radius 1 is 0.745 bits per heavy atom. The number of rotatable bonds is 13. The Labute approximate surface area is 270 Å². The summed E-state index contributed by atoms with van der Waals surface area (Å²) in [6.07, 6.45) is 3.53. The Morgan fingerprint density at radius 3 is 1.89 bits per heavy atom. The Kier molecular flexibility index (Phi) is 11.8. The third-order valence-electron chi connectivity index (χ3n) is 6.08. The van der Waals surface area contributed by atoms with E-state index >= 15 is 0 Å². The van der Waals surface area contributed by atoms with Crippen molar-refractivity contribution in [3.8, 4) is 0 Å². The molecule has 0 spiro atoms. The first kappa shape index (κ1) is 35.8. The Balaban J connectivity index is 1.47. The zero-order valence-corrected chi connectivity index (χ0v) is 27.3. The maximum Gasteiger partial charge on any atom is 0.407 e. The van der Waals surface area contributed by atoms with E-state index < -0.39 is 41.3 Å². The number of hydrogen-bond acceptors (Lipinski definition) is 10. The summed E-state index contributed by atoms with van der Waals surface area (Å²) in [4.78, 5) is 81.9. The van der Waals surface area contributed by atoms with Gasteiger partial charge in [0.25, 0.3) is 5.91 Å². The van der Waals surface area contributed by atoms with E-state index in [0.717, 1.165) is 0 Å². The van der Waals surface area contributed by atoms with Crippen LogP contribution in [0.5, 0.6) is 0 Å². The summed E-state index contributed by atoms with van der Waals surface area (Å²) in [6.45, 7) is 7.09. The van der Waals surface area contributed by atoms with Crippen molar-refractivity contribution in [2.75, 3.05) is 34.4 Å². The molecule has 0 aliphatic carbocycles. The molecule has 0 radical (unpaired) electrons. The van der Waals surface area contributed by atoms with E-state index in [1.165, 1.54) is 27.6 Å². The monoisotopic (exact) mass is 656 g/mol. The van der Waals surface area contributed by atoms with Crippen molar-refractivity contribution in [2.45, 2.75) is 52.6 Å². The van der Waals surface area contributed by atoms with Gasteiger partial charge in [0.05, 0.1) is 12.3 Å². The Morgan fingerprint density at radius 2 is 1.30 bits per heavy atom. The molecule has 0 fully saturated rings. The number of nitrogens with zero attached hydrogens (tertiary/aromatic N) is 5. The number of aryl methyl sites for hydroxylation is 3. The second-order valence-corrected chi connectivity index (χ2v) is 11.3. The molecule has 18 heteroatoms. The lowest BCUT2D eigenvalue weighted by atomic mass is 10.2. The highest BCUT2D eigenvalue weighted by molar-refractivity contribution is 6.03. The third-order valence-corrected chi connectivity index (χ3v) is 6.08. The molecule has 3 aromatic rings. The molecule has 0 bridgehead atoms. The predicted octanol–water partition coefficient (Wildman–Crippen LogP) is 2.13. The highest BCUT2D eigenvalue weighted by Crippen LogP contribution is 2.19. The number of hydrogen-bond donors (Lipinski definition) is 5. The molecule has 5 amide bonds. The quantitative estimate of drug-likeness (QED) is 0.169. The summed E-state index contributed by atoms with van der Waals surface area (Å²) in [5.41, 5.74) is -0.297. The molecule has 0 saturated heterocycles. The molecular formula is C29H40N10O8. The number of amides is 5. The van der Waals surface area contributed by atoms with Gasteiger partial charge in [-0.1, -0.05) is 0 Å². The summed E-state index contributed by atoms with van der Waals surface area (Å²) in [6, 6.07) is 1.53. The Bertz CT molecular complexity index is 1650. The van der Waals surface area contributed by atoms with Gasteiger partial charge in [0.15, 0.2) is 11.6 Å². The zero-order valence-electron chi connectivity index (χ0n) is 27.3. The number of nitrogens with one attached hydrogen (secondary N) is 5. The molecule has 254 valence electrons. The SMILES string of the molecule is CCOC(=O)c1nc(NC(=O)CCC(=O)Nc2cc(NC(=O)c3nc(NC(=O)CCNC(=O)OC(C)(C)C)cn3C)cn2C)cn1C. The van der Waals surface area contributed by atoms with E-state index in [-0.39, 0.29) is 55.7 Å². The fourth-order valence-corrected chi connectivity index (χ4v) is 4.03. The fraction of sp³-hybridized carbons (Fsp3) is 0.448. The minimum atomic E-state index is -0.658. The number of esters is 1. The number of carbonyl (C=O) groups excluding carboxylic acids is 6. The van der Waals surface area contributed by atoms with Crippen LogP contribution >= 0.6 is 0 Å². The van der Waals surface area contributed by atoms with Crippen molar-refractivity contribution >= 4 is 58.8 Å². The average molecular weight is 657 g/mol. The molecular weight excluding hydrogens is 616 g/mol. The number of anilines is 4. The van der Waals surface area contributed by atoms with Gasteiger partial charge in [-0.15, -0.1) is 0 Å². The molecule has 3 heterocycles. The molecule has 18 nitrogen and oxygen atoms in total. The second kappa shape index (κ2) is 15.5. The van der Waals surface area contributed by atoms with Gasteiger partial charge in [-0.05, 0) is 27.7 Å². The van der Waals surface area contributed by atoms with Crippen LogP contribution in [0.25, 0.3) is 0 Å². The fourth-order valence-electron chi connectivity index (χ4n) is 4.03. The summed E-state index contributed by atoms with van der Waals surface area (Å²) in [5.74, 6) is -1.84. The normalized spacial score (nSPS) is 11.0. The number of alkyl carbamates (subject to hydrolysis) is 1. The molecule has 47 heavy (non-hydrogen) atoms. The first-order chi connectivity index (χ1) is 22.0. The number of ether oxygens (including phenoxy) is 2. The van der Waals surface area contributed by atoms with Gasteiger partial charge >= 0.3 is 12.1 Å². The average Bonchev–Trinajstić information content (AvgIpc) is 3.62. The minimum absolute atomic E-state index is 0.00918. The van der Waals surface area contributed by atoms with Crippen molar-refractivity contribution < 1.29 is 38.2 Å². The van der Waals surface area contributed by atoms with Gasteiger partial charge in [-0.2, -0.15) is 0 Å². The molecule has 3 aromatic heterocycles. The van der Waals surface area contributed by atoms with Crippen LogP contribution in [0.3, 0.4) is 0 Å². The van der Waals surface area contributed by atoms with Gasteiger partial charge in [0, 0.05) is 71.6 Å². The summed E-state index contributed by atoms with van der Waals surface area (Å²) >= 11 is 0. The van der Waals surface area contributed by atoms with Crippen molar-refractivity contribution in [2.24, 2.45) is 21.1 Å². The van der Waals surface area contributed by atoms with Gasteiger partial charge in [-0.25, -0.2) is 19.6 Å². The molecule has 3 rings (SSSR count). The first-order valence-electron chi connectivity index (χ1n) is 14.6. The lowest BCUT2D eigenvalue weighted by Crippen LogP contribution is -2.34. The predicted molar refractivity (Wildman–Crippen MR) is 170 cm³/mol. The van der Waals surface area contributed by atoms with Gasteiger partial charge in [0.2, 0.25) is 29.4 Å². The topological polar surface area (TPSA) is 222 Å². The Hall–Kier alpha value is -5.68. The smallest absolute Gasteiger partial charge is 0.407 e. The van der Waals surface area contributed by atoms with Crippen LogP contribution in [0.2, 0.25) is 0 Å². The van der Waals surface area contributed by atoms with Gasteiger partial charge < -0.3 is 49.8 Å². The van der Waals surface area contributed by atoms with E-state index in [9.17, 15) is 28.8 Å². The lowest BCUT2D eigenvalue weighted by molar-refractivity contribution is -0.121. The highest BCUT2D eigenvalue weighted by Gasteiger charge is 2.20. The molecule has 0 aliphatic rings. The van der Waals surface area contributed by atoms with Crippen molar-refractivity contribution in [3.63, 3.8) is 0 Å². The maximum absolute atomic E-state index is 12.9. The van der Waals surface area contributed by atoms with Crippen LogP contribution < -0.4 is 26.6 Å². The maximum atomic E-state index is 12.9. The molecule has 0 aromatic carbocycles. The van der Waals surface area contributed by atoms with E-state index in [0.29, 0.717) is 11.5 Å². The summed E-state index contributed by atoms with van der Waals surface area (Å²) in [7, 11) is 4.83. The zero-order chi connectivity index (χ0) is 34.9. The van der Waals surface area contributed by atoms with Crippen molar-refractivity contribution in [3.05, 3.63) is 36.3 Å². The number of aromatic nitrogens is 5. The first-order valence-corrected chi connectivity index (χ1v) is 14.6. The van der Waals surface area contributed by atoms with E-state index in [1.54, 1.807) is 59.6 Å². The third kappa shape index (κ3) is 11.0. The van der Waals surface area contributed by atoms with Gasteiger partial charge in [-0.3, -0.25) is 19.2 Å². The summed E-state index contributed by atoms with van der Waals surface area (Å²) < 4.78 is 14.5. The van der Waals surface area contributed by atoms with Crippen LogP contribution in [0.1, 0.15) is 68.2 Å². The van der Waals surface area contributed by atoms with Crippen LogP contribution in [0.4, 0.5) is 27.9 Å². The number of carbonyl (C=O) groups is 6. The molecule has 5 N–H and O–H groups in total. The van der Waals surface area contributed by atoms with Crippen LogP contribution in [0, 0.1) is 0 Å². The van der Waals surface area contributed by atoms with E-state index in [1.807, 2.05) is 0 Å². The van der Waals surface area contributed by atoms with Gasteiger partial charge in [0.1, 0.15) is 11.4 Å². The van der Waals surface area contributed by atoms with E-state index in [2.05, 4.69) is 36.6 Å². The van der Waals surface area contributed by atoms with Crippen molar-refractivity contribution in [1.29, 1.82) is 0 Å². The largest absolute Gasteiger partial charge is 0.460 e. The molecule has 0 unspecified atom stereocenters. The van der Waals surface area contributed by atoms with E-state index in [4.69, 9.17) is 9.47 Å². The highest BCUT2D eigenvalue weighted by atomic mass is 16.6. The van der Waals surface area contributed by atoms with Crippen molar-refractivity contribution in [1.82, 2.24) is 29.0 Å².